The van der Waals surface area contributed by atoms with Gasteiger partial charge in [-0.15, -0.1) is 0 Å². The highest BCUT2D eigenvalue weighted by molar-refractivity contribution is 6.02. The molecule has 0 aliphatic carbocycles. The largest absolute Gasteiger partial charge is 0.307 e. The smallest absolute Gasteiger partial charge is 0.269 e. The Bertz CT molecular complexity index is 519. The molecule has 86 valence electrons. The van der Waals surface area contributed by atoms with Crippen LogP contribution >= 0.6 is 0 Å². The minimum absolute atomic E-state index is 0.0236. The molecule has 0 saturated carbocycles. The standard InChI is InChI=1S/C11H8N2O4/c14-10-5-6-12(7-10)11(15)8-1-3-9(4-2-8)13(16)17/h1-6H,7H2. The summed E-state index contributed by atoms with van der Waals surface area (Å²) in [5, 5.41) is 10.4. The van der Waals surface area contributed by atoms with Crippen LogP contribution in [0, 0.1) is 10.1 Å². The van der Waals surface area contributed by atoms with Crippen molar-refractivity contribution in [1.82, 2.24) is 4.90 Å². The molecule has 0 N–H and O–H groups in total. The predicted molar refractivity (Wildman–Crippen MR) is 58.3 cm³/mol. The van der Waals surface area contributed by atoms with E-state index < -0.39 is 4.92 Å². The van der Waals surface area contributed by atoms with Crippen LogP contribution in [-0.4, -0.2) is 28.1 Å². The molecule has 6 heteroatoms. The fourth-order valence-electron chi connectivity index (χ4n) is 1.48. The normalized spacial score (nSPS) is 14.1. The highest BCUT2D eigenvalue weighted by atomic mass is 16.6. The van der Waals surface area contributed by atoms with Crippen LogP contribution in [0.5, 0.6) is 0 Å². The zero-order chi connectivity index (χ0) is 12.4. The van der Waals surface area contributed by atoms with Gasteiger partial charge in [-0.2, -0.15) is 0 Å². The van der Waals surface area contributed by atoms with Crippen molar-refractivity contribution in [2.45, 2.75) is 0 Å². The summed E-state index contributed by atoms with van der Waals surface area (Å²) in [5.41, 5.74) is 0.240. The van der Waals surface area contributed by atoms with E-state index in [9.17, 15) is 19.7 Å². The molecule has 0 radical (unpaired) electrons. The molecular weight excluding hydrogens is 224 g/mol. The van der Waals surface area contributed by atoms with Crippen LogP contribution in [-0.2, 0) is 4.79 Å². The summed E-state index contributed by atoms with van der Waals surface area (Å²) in [6.07, 6.45) is 2.73. The Hall–Kier alpha value is -2.50. The summed E-state index contributed by atoms with van der Waals surface area (Å²) in [5.74, 6) is -0.484. The van der Waals surface area contributed by atoms with Gasteiger partial charge in [0, 0.05) is 23.9 Å². The van der Waals surface area contributed by atoms with E-state index >= 15 is 0 Å². The number of rotatable bonds is 2. The first kappa shape index (κ1) is 11.0. The minimum Gasteiger partial charge on any atom is -0.307 e. The number of nitrogens with zero attached hydrogens (tertiary/aromatic N) is 2. The van der Waals surface area contributed by atoms with Gasteiger partial charge in [-0.05, 0) is 18.2 Å². The fourth-order valence-corrected chi connectivity index (χ4v) is 1.48. The number of nitro groups is 1. The first-order chi connectivity index (χ1) is 8.08. The van der Waals surface area contributed by atoms with Gasteiger partial charge in [0.25, 0.3) is 11.6 Å². The molecule has 0 aromatic heterocycles. The molecule has 2 rings (SSSR count). The first-order valence-corrected chi connectivity index (χ1v) is 4.84. The number of amides is 1. The van der Waals surface area contributed by atoms with Gasteiger partial charge in [0.15, 0.2) is 5.78 Å². The quantitative estimate of drug-likeness (QED) is 0.565. The lowest BCUT2D eigenvalue weighted by Crippen LogP contribution is -2.26. The fraction of sp³-hybridized carbons (Fsp3) is 0.0909. The number of ketones is 1. The zero-order valence-corrected chi connectivity index (χ0v) is 8.70. The van der Waals surface area contributed by atoms with E-state index in [4.69, 9.17) is 0 Å². The van der Waals surface area contributed by atoms with E-state index in [-0.39, 0.29) is 23.9 Å². The second kappa shape index (κ2) is 4.17. The third kappa shape index (κ3) is 2.20. The van der Waals surface area contributed by atoms with Crippen molar-refractivity contribution in [3.8, 4) is 0 Å². The van der Waals surface area contributed by atoms with Gasteiger partial charge in [-0.1, -0.05) is 0 Å². The number of non-ortho nitro benzene ring substituents is 1. The Kier molecular flexibility index (Phi) is 2.70. The van der Waals surface area contributed by atoms with Crippen molar-refractivity contribution in [2.75, 3.05) is 6.54 Å². The van der Waals surface area contributed by atoms with E-state index in [0.29, 0.717) is 5.56 Å². The van der Waals surface area contributed by atoms with Gasteiger partial charge in [0.2, 0.25) is 0 Å². The summed E-state index contributed by atoms with van der Waals surface area (Å²) in [6, 6.07) is 5.26. The molecule has 1 aliphatic heterocycles. The SMILES string of the molecule is O=C1C=CN(C(=O)c2ccc([N+](=O)[O-])cc2)C1. The third-order valence-electron chi connectivity index (χ3n) is 2.35. The Morgan fingerprint density at radius 2 is 1.94 bits per heavy atom. The van der Waals surface area contributed by atoms with Gasteiger partial charge < -0.3 is 4.90 Å². The van der Waals surface area contributed by atoms with Crippen molar-refractivity contribution in [3.05, 3.63) is 52.2 Å². The van der Waals surface area contributed by atoms with E-state index in [1.165, 1.54) is 41.4 Å². The highest BCUT2D eigenvalue weighted by Crippen LogP contribution is 2.14. The summed E-state index contributed by atoms with van der Waals surface area (Å²) < 4.78 is 0. The molecule has 1 amide bonds. The predicted octanol–water partition coefficient (Wildman–Crippen LogP) is 1.13. The second-order valence-electron chi connectivity index (χ2n) is 3.52. The molecule has 1 heterocycles. The average molecular weight is 232 g/mol. The number of carbonyl (C=O) groups is 2. The van der Waals surface area contributed by atoms with Crippen LogP contribution in [0.3, 0.4) is 0 Å². The van der Waals surface area contributed by atoms with E-state index in [2.05, 4.69) is 0 Å². The molecule has 1 aliphatic rings. The van der Waals surface area contributed by atoms with Crippen LogP contribution in [0.1, 0.15) is 10.4 Å². The zero-order valence-electron chi connectivity index (χ0n) is 8.70. The van der Waals surface area contributed by atoms with Gasteiger partial charge in [0.1, 0.15) is 0 Å². The van der Waals surface area contributed by atoms with E-state index in [1.54, 1.807) is 0 Å². The highest BCUT2D eigenvalue weighted by Gasteiger charge is 2.20. The first-order valence-electron chi connectivity index (χ1n) is 4.84. The van der Waals surface area contributed by atoms with Crippen molar-refractivity contribution < 1.29 is 14.5 Å². The van der Waals surface area contributed by atoms with Crippen LogP contribution in [0.15, 0.2) is 36.5 Å². The molecule has 0 unspecified atom stereocenters. The number of hydrogen-bond acceptors (Lipinski definition) is 4. The summed E-state index contributed by atoms with van der Waals surface area (Å²) in [4.78, 5) is 34.0. The molecule has 0 atom stereocenters. The topological polar surface area (TPSA) is 80.5 Å². The number of benzene rings is 1. The molecule has 1 aromatic rings. The maximum atomic E-state index is 11.8. The molecular formula is C11H8N2O4. The van der Waals surface area contributed by atoms with Crippen LogP contribution in [0.2, 0.25) is 0 Å². The Balaban J connectivity index is 2.18. The van der Waals surface area contributed by atoms with E-state index in [1.807, 2.05) is 0 Å². The number of hydrogen-bond donors (Lipinski definition) is 0. The van der Waals surface area contributed by atoms with Crippen molar-refractivity contribution in [1.29, 1.82) is 0 Å². The minimum atomic E-state index is -0.534. The number of nitro benzene ring substituents is 1. The van der Waals surface area contributed by atoms with Crippen molar-refractivity contribution in [2.24, 2.45) is 0 Å². The summed E-state index contributed by atoms with van der Waals surface area (Å²) >= 11 is 0. The lowest BCUT2D eigenvalue weighted by molar-refractivity contribution is -0.384. The molecule has 17 heavy (non-hydrogen) atoms. The lowest BCUT2D eigenvalue weighted by Gasteiger charge is -2.11. The molecule has 0 saturated heterocycles. The third-order valence-corrected chi connectivity index (χ3v) is 2.35. The van der Waals surface area contributed by atoms with Gasteiger partial charge >= 0.3 is 0 Å². The maximum Gasteiger partial charge on any atom is 0.269 e. The average Bonchev–Trinajstić information content (AvgIpc) is 2.75. The Morgan fingerprint density at radius 1 is 1.29 bits per heavy atom. The molecule has 6 nitrogen and oxygen atoms in total. The maximum absolute atomic E-state index is 11.8. The van der Waals surface area contributed by atoms with Gasteiger partial charge in [-0.25, -0.2) is 0 Å². The Morgan fingerprint density at radius 3 is 2.41 bits per heavy atom. The summed E-state index contributed by atoms with van der Waals surface area (Å²) in [6.45, 7) is 0.0236. The van der Waals surface area contributed by atoms with E-state index in [0.717, 1.165) is 0 Å². The van der Waals surface area contributed by atoms with Gasteiger partial charge in [-0.3, -0.25) is 19.7 Å². The van der Waals surface area contributed by atoms with Crippen molar-refractivity contribution >= 4 is 17.4 Å². The molecule has 1 aromatic carbocycles. The van der Waals surface area contributed by atoms with Crippen LogP contribution < -0.4 is 0 Å². The van der Waals surface area contributed by atoms with Crippen LogP contribution in [0.25, 0.3) is 0 Å². The monoisotopic (exact) mass is 232 g/mol. The lowest BCUT2D eigenvalue weighted by atomic mass is 10.2. The molecule has 0 bridgehead atoms. The summed E-state index contributed by atoms with van der Waals surface area (Å²) in [7, 11) is 0. The number of carbonyl (C=O) groups excluding carboxylic acids is 2. The molecule has 0 fully saturated rings. The van der Waals surface area contributed by atoms with Crippen LogP contribution in [0.4, 0.5) is 5.69 Å². The second-order valence-corrected chi connectivity index (χ2v) is 3.52. The molecule has 0 spiro atoms. The Labute approximate surface area is 96.3 Å². The van der Waals surface area contributed by atoms with Crippen molar-refractivity contribution in [3.63, 3.8) is 0 Å². The van der Waals surface area contributed by atoms with Gasteiger partial charge in [0.05, 0.1) is 11.5 Å².